The molecule has 0 saturated carbocycles. The highest BCUT2D eigenvalue weighted by atomic mass is 35.5. The number of nitrogens with one attached hydrogen (secondary N) is 1. The molecular weight excluding hydrogens is 285 g/mol. The molecule has 0 saturated heterocycles. The van der Waals surface area contributed by atoms with Crippen LogP contribution in [0.1, 0.15) is 12.5 Å². The van der Waals surface area contributed by atoms with Crippen LogP contribution in [0.3, 0.4) is 0 Å². The van der Waals surface area contributed by atoms with Crippen molar-refractivity contribution in [3.63, 3.8) is 0 Å². The number of para-hydroxylation sites is 1. The van der Waals surface area contributed by atoms with Gasteiger partial charge in [0.15, 0.2) is 5.96 Å². The first-order chi connectivity index (χ1) is 8.10. The average molecular weight is 308 g/mol. The van der Waals surface area contributed by atoms with Crippen molar-refractivity contribution in [3.8, 4) is 0 Å². The van der Waals surface area contributed by atoms with E-state index in [-0.39, 0.29) is 24.8 Å². The molecule has 0 fully saturated rings. The van der Waals surface area contributed by atoms with Gasteiger partial charge < -0.3 is 21.7 Å². The van der Waals surface area contributed by atoms with Crippen molar-refractivity contribution in [1.82, 2.24) is 0 Å². The quantitative estimate of drug-likeness (QED) is 0.585. The minimum atomic E-state index is 0. The van der Waals surface area contributed by atoms with Gasteiger partial charge in [0.1, 0.15) is 0 Å². The van der Waals surface area contributed by atoms with Crippen LogP contribution in [0.25, 0.3) is 0 Å². The number of rotatable bonds is 4. The van der Waals surface area contributed by atoms with Crippen LogP contribution in [0.4, 0.5) is 11.4 Å². The topological polar surface area (TPSA) is 79.7 Å². The van der Waals surface area contributed by atoms with Crippen LogP contribution in [0.5, 0.6) is 0 Å². The average Bonchev–Trinajstić information content (AvgIpc) is 2.28. The van der Waals surface area contributed by atoms with Crippen LogP contribution >= 0.6 is 24.8 Å². The number of hydrogen-bond donors (Lipinski definition) is 3. The molecule has 0 aliphatic carbocycles. The van der Waals surface area contributed by atoms with E-state index in [1.807, 2.05) is 44.1 Å². The van der Waals surface area contributed by atoms with Crippen LogP contribution in [-0.4, -0.2) is 26.6 Å². The Balaban J connectivity index is 0. The SMILES string of the molecule is CCN=C(N)Nc1cccc(CN)c1N(C)C.Cl.Cl. The summed E-state index contributed by atoms with van der Waals surface area (Å²) < 4.78 is 0. The predicted octanol–water partition coefficient (Wildman–Crippen LogP) is 1.80. The number of guanidine groups is 1. The van der Waals surface area contributed by atoms with E-state index in [9.17, 15) is 0 Å². The molecular formula is C12H23Cl2N5. The molecule has 0 unspecified atom stereocenters. The number of nitrogens with zero attached hydrogens (tertiary/aromatic N) is 2. The second kappa shape index (κ2) is 9.72. The van der Waals surface area contributed by atoms with Gasteiger partial charge in [-0.05, 0) is 18.6 Å². The highest BCUT2D eigenvalue weighted by Crippen LogP contribution is 2.28. The summed E-state index contributed by atoms with van der Waals surface area (Å²) in [5, 5.41) is 3.10. The first-order valence-electron chi connectivity index (χ1n) is 5.66. The Labute approximate surface area is 127 Å². The Kier molecular flexibility index (Phi) is 10.3. The van der Waals surface area contributed by atoms with E-state index in [0.29, 0.717) is 19.0 Å². The summed E-state index contributed by atoms with van der Waals surface area (Å²) in [5.41, 5.74) is 14.5. The monoisotopic (exact) mass is 307 g/mol. The summed E-state index contributed by atoms with van der Waals surface area (Å²) >= 11 is 0. The van der Waals surface area contributed by atoms with Crippen LogP contribution < -0.4 is 21.7 Å². The van der Waals surface area contributed by atoms with E-state index < -0.39 is 0 Å². The molecule has 0 aromatic heterocycles. The van der Waals surface area contributed by atoms with Crippen molar-refractivity contribution in [2.45, 2.75) is 13.5 Å². The summed E-state index contributed by atoms with van der Waals surface area (Å²) in [6.07, 6.45) is 0. The third kappa shape index (κ3) is 5.55. The van der Waals surface area contributed by atoms with Crippen molar-refractivity contribution < 1.29 is 0 Å². The molecule has 0 bridgehead atoms. The van der Waals surface area contributed by atoms with E-state index in [1.54, 1.807) is 0 Å². The van der Waals surface area contributed by atoms with Gasteiger partial charge in [-0.25, -0.2) is 0 Å². The molecule has 0 spiro atoms. The fraction of sp³-hybridized carbons (Fsp3) is 0.417. The standard InChI is InChI=1S/C12H21N5.2ClH/c1-4-15-12(14)16-10-7-5-6-9(8-13)11(10)17(2)3;;/h5-7H,4,8,13H2,1-3H3,(H3,14,15,16);2*1H. The highest BCUT2D eigenvalue weighted by Gasteiger charge is 2.09. The van der Waals surface area contributed by atoms with Gasteiger partial charge in [0, 0.05) is 27.2 Å². The molecule has 1 rings (SSSR count). The molecule has 0 aliphatic rings. The molecule has 0 aliphatic heterocycles. The number of halogens is 2. The van der Waals surface area contributed by atoms with Crippen LogP contribution in [0.15, 0.2) is 23.2 Å². The molecule has 0 amide bonds. The third-order valence-electron chi connectivity index (χ3n) is 2.38. The van der Waals surface area contributed by atoms with Crippen molar-refractivity contribution in [1.29, 1.82) is 0 Å². The van der Waals surface area contributed by atoms with Gasteiger partial charge in [-0.1, -0.05) is 12.1 Å². The second-order valence-electron chi connectivity index (χ2n) is 3.90. The molecule has 5 nitrogen and oxygen atoms in total. The Morgan fingerprint density at radius 2 is 1.95 bits per heavy atom. The van der Waals surface area contributed by atoms with Crippen molar-refractivity contribution in [2.24, 2.45) is 16.5 Å². The summed E-state index contributed by atoms with van der Waals surface area (Å²) in [5.74, 6) is 0.421. The molecule has 0 radical (unpaired) electrons. The molecule has 5 N–H and O–H groups in total. The molecule has 7 heteroatoms. The Morgan fingerprint density at radius 3 is 2.42 bits per heavy atom. The first-order valence-corrected chi connectivity index (χ1v) is 5.66. The maximum atomic E-state index is 5.77. The maximum Gasteiger partial charge on any atom is 0.193 e. The smallest absolute Gasteiger partial charge is 0.193 e. The summed E-state index contributed by atoms with van der Waals surface area (Å²) in [6, 6.07) is 5.93. The number of benzene rings is 1. The van der Waals surface area contributed by atoms with Gasteiger partial charge in [-0.2, -0.15) is 0 Å². The summed E-state index contributed by atoms with van der Waals surface area (Å²) in [4.78, 5) is 6.13. The molecule has 19 heavy (non-hydrogen) atoms. The maximum absolute atomic E-state index is 5.77. The molecule has 0 heterocycles. The number of anilines is 2. The Hall–Kier alpha value is -1.17. The van der Waals surface area contributed by atoms with Crippen LogP contribution in [0.2, 0.25) is 0 Å². The summed E-state index contributed by atoms with van der Waals surface area (Å²) in [7, 11) is 3.96. The lowest BCUT2D eigenvalue weighted by Crippen LogP contribution is -2.25. The first kappa shape index (κ1) is 20.2. The van der Waals surface area contributed by atoms with E-state index in [2.05, 4.69) is 10.3 Å². The van der Waals surface area contributed by atoms with E-state index in [1.165, 1.54) is 0 Å². The summed E-state index contributed by atoms with van der Waals surface area (Å²) in [6.45, 7) is 3.10. The van der Waals surface area contributed by atoms with Gasteiger partial charge in [-0.15, -0.1) is 24.8 Å². The van der Waals surface area contributed by atoms with E-state index in [0.717, 1.165) is 16.9 Å². The zero-order chi connectivity index (χ0) is 12.8. The predicted molar refractivity (Wildman–Crippen MR) is 88.9 cm³/mol. The molecule has 1 aromatic rings. The van der Waals surface area contributed by atoms with Crippen molar-refractivity contribution in [3.05, 3.63) is 23.8 Å². The minimum absolute atomic E-state index is 0. The zero-order valence-corrected chi connectivity index (χ0v) is 13.1. The zero-order valence-electron chi connectivity index (χ0n) is 11.5. The number of hydrogen-bond acceptors (Lipinski definition) is 3. The van der Waals surface area contributed by atoms with Crippen molar-refractivity contribution >= 4 is 42.1 Å². The largest absolute Gasteiger partial charge is 0.376 e. The lowest BCUT2D eigenvalue weighted by atomic mass is 10.1. The fourth-order valence-corrected chi connectivity index (χ4v) is 1.73. The lowest BCUT2D eigenvalue weighted by molar-refractivity contribution is 1.03. The van der Waals surface area contributed by atoms with Gasteiger partial charge in [-0.3, -0.25) is 4.99 Å². The second-order valence-corrected chi connectivity index (χ2v) is 3.90. The lowest BCUT2D eigenvalue weighted by Gasteiger charge is -2.21. The highest BCUT2D eigenvalue weighted by molar-refractivity contribution is 5.96. The van der Waals surface area contributed by atoms with E-state index in [4.69, 9.17) is 11.5 Å². The number of nitrogens with two attached hydrogens (primary N) is 2. The normalized spacial score (nSPS) is 10.2. The third-order valence-corrected chi connectivity index (χ3v) is 2.38. The Morgan fingerprint density at radius 1 is 1.32 bits per heavy atom. The van der Waals surface area contributed by atoms with Gasteiger partial charge >= 0.3 is 0 Å². The van der Waals surface area contributed by atoms with Gasteiger partial charge in [0.05, 0.1) is 11.4 Å². The van der Waals surface area contributed by atoms with Crippen molar-refractivity contribution in [2.75, 3.05) is 30.9 Å². The molecule has 0 atom stereocenters. The molecule has 110 valence electrons. The minimum Gasteiger partial charge on any atom is -0.376 e. The molecule has 1 aromatic carbocycles. The van der Waals surface area contributed by atoms with Gasteiger partial charge in [0.2, 0.25) is 0 Å². The van der Waals surface area contributed by atoms with Gasteiger partial charge in [0.25, 0.3) is 0 Å². The fourth-order valence-electron chi connectivity index (χ4n) is 1.73. The van der Waals surface area contributed by atoms with Crippen LogP contribution in [0, 0.1) is 0 Å². The number of aliphatic imine (C=N–C) groups is 1. The van der Waals surface area contributed by atoms with E-state index >= 15 is 0 Å². The van der Waals surface area contributed by atoms with Crippen LogP contribution in [-0.2, 0) is 6.54 Å². The Bertz CT molecular complexity index is 407.